The third-order valence-electron chi connectivity index (χ3n) is 4.84. The molecule has 27 heavy (non-hydrogen) atoms. The summed E-state index contributed by atoms with van der Waals surface area (Å²) in [4.78, 5) is 28.9. The van der Waals surface area contributed by atoms with E-state index >= 15 is 0 Å². The Hall–Kier alpha value is -1.30. The van der Waals surface area contributed by atoms with Gasteiger partial charge in [0.1, 0.15) is 0 Å². The molecule has 0 saturated heterocycles. The molecule has 1 atom stereocenters. The number of allylic oxidation sites excluding steroid dienone is 1. The molecule has 1 fully saturated rings. The predicted molar refractivity (Wildman–Crippen MR) is 110 cm³/mol. The Morgan fingerprint density at radius 3 is 2.63 bits per heavy atom. The number of rotatable bonds is 7. The minimum absolute atomic E-state index is 0.0237. The number of nitrogens with zero attached hydrogens (tertiary/aromatic N) is 1. The number of ether oxygens (including phenoxy) is 1. The summed E-state index contributed by atoms with van der Waals surface area (Å²) in [5.41, 5.74) is 2.54. The van der Waals surface area contributed by atoms with E-state index in [1.165, 1.54) is 0 Å². The molecule has 0 radical (unpaired) electrons. The van der Waals surface area contributed by atoms with Gasteiger partial charge in [0, 0.05) is 54.6 Å². The minimum Gasteiger partial charge on any atom is -0.383 e. The lowest BCUT2D eigenvalue weighted by atomic mass is 9.93. The van der Waals surface area contributed by atoms with Gasteiger partial charge in [-0.05, 0) is 44.7 Å². The number of thioether (sulfide) groups is 1. The van der Waals surface area contributed by atoms with Crippen molar-refractivity contribution in [3.05, 3.63) is 39.6 Å². The van der Waals surface area contributed by atoms with Crippen LogP contribution in [0.5, 0.6) is 0 Å². The van der Waals surface area contributed by atoms with Gasteiger partial charge in [-0.3, -0.25) is 9.59 Å². The topological polar surface area (TPSA) is 46.6 Å². The van der Waals surface area contributed by atoms with Crippen molar-refractivity contribution in [1.82, 2.24) is 4.90 Å². The Balaban J connectivity index is 2.07. The highest BCUT2D eigenvalue weighted by molar-refractivity contribution is 7.99. The molecule has 146 valence electrons. The summed E-state index contributed by atoms with van der Waals surface area (Å²) >= 11 is 8.49. The summed E-state index contributed by atoms with van der Waals surface area (Å²) in [7, 11) is 3.63. The second-order valence-electron chi connectivity index (χ2n) is 7.35. The van der Waals surface area contributed by atoms with Crippen LogP contribution in [0.4, 0.5) is 0 Å². The van der Waals surface area contributed by atoms with Crippen molar-refractivity contribution in [3.8, 4) is 0 Å². The van der Waals surface area contributed by atoms with E-state index in [-0.39, 0.29) is 29.2 Å². The van der Waals surface area contributed by atoms with Crippen molar-refractivity contribution in [1.29, 1.82) is 0 Å². The van der Waals surface area contributed by atoms with E-state index in [0.29, 0.717) is 17.2 Å². The van der Waals surface area contributed by atoms with Crippen molar-refractivity contribution in [2.75, 3.05) is 26.5 Å². The Labute approximate surface area is 170 Å². The van der Waals surface area contributed by atoms with Gasteiger partial charge in [-0.15, -0.1) is 11.8 Å². The highest BCUT2D eigenvalue weighted by atomic mass is 35.5. The number of carbonyl (C=O) groups is 2. The molecule has 0 amide bonds. The van der Waals surface area contributed by atoms with Crippen LogP contribution < -0.4 is 0 Å². The molecular formula is C21H26ClNO3S. The zero-order chi connectivity index (χ0) is 19.7. The second-order valence-corrected chi connectivity index (χ2v) is 8.84. The first-order valence-electron chi connectivity index (χ1n) is 9.39. The van der Waals surface area contributed by atoms with Gasteiger partial charge in [0.2, 0.25) is 0 Å². The number of Topliss-reactive ketones (excluding diaryl/α,β-unsaturated/α-hetero) is 2. The maximum atomic E-state index is 13.3. The third kappa shape index (κ3) is 4.25. The summed E-state index contributed by atoms with van der Waals surface area (Å²) < 4.78 is 5.90. The molecule has 0 spiro atoms. The maximum absolute atomic E-state index is 13.3. The van der Waals surface area contributed by atoms with E-state index in [2.05, 4.69) is 0 Å². The van der Waals surface area contributed by atoms with E-state index in [0.717, 1.165) is 41.0 Å². The summed E-state index contributed by atoms with van der Waals surface area (Å²) in [5.74, 6) is 0.580. The van der Waals surface area contributed by atoms with E-state index in [1.54, 1.807) is 22.9 Å². The van der Waals surface area contributed by atoms with Crippen LogP contribution in [-0.4, -0.2) is 42.9 Å². The van der Waals surface area contributed by atoms with Crippen LogP contribution in [0.1, 0.15) is 53.8 Å². The summed E-state index contributed by atoms with van der Waals surface area (Å²) in [6.45, 7) is 4.54. The van der Waals surface area contributed by atoms with Gasteiger partial charge in [-0.25, -0.2) is 0 Å². The fraction of sp³-hybridized carbons (Fsp3) is 0.524. The SMILES string of the molecule is CCOC1CCSc2c(C)cc(C(=O)C(=CN(C)C)C(=O)C3CC3)c(Cl)c21. The smallest absolute Gasteiger partial charge is 0.199 e. The lowest BCUT2D eigenvalue weighted by Crippen LogP contribution is -2.20. The molecule has 1 aliphatic carbocycles. The van der Waals surface area contributed by atoms with E-state index in [1.807, 2.05) is 34.0 Å². The number of hydrogen-bond donors (Lipinski definition) is 0. The van der Waals surface area contributed by atoms with Gasteiger partial charge in [0.15, 0.2) is 11.6 Å². The predicted octanol–water partition coefficient (Wildman–Crippen LogP) is 4.83. The van der Waals surface area contributed by atoms with Crippen molar-refractivity contribution >= 4 is 34.9 Å². The zero-order valence-corrected chi connectivity index (χ0v) is 17.9. The molecule has 1 aromatic rings. The van der Waals surface area contributed by atoms with E-state index in [9.17, 15) is 9.59 Å². The lowest BCUT2D eigenvalue weighted by Gasteiger charge is -2.28. The molecule has 0 aromatic heterocycles. The monoisotopic (exact) mass is 407 g/mol. The molecule has 1 saturated carbocycles. The molecule has 3 rings (SSSR count). The van der Waals surface area contributed by atoms with Crippen LogP contribution in [0.15, 0.2) is 22.7 Å². The number of carbonyl (C=O) groups excluding carboxylic acids is 2. The third-order valence-corrected chi connectivity index (χ3v) is 6.52. The first-order chi connectivity index (χ1) is 12.8. The average molecular weight is 408 g/mol. The van der Waals surface area contributed by atoms with Gasteiger partial charge in [-0.1, -0.05) is 11.6 Å². The molecule has 0 N–H and O–H groups in total. The number of benzene rings is 1. The van der Waals surface area contributed by atoms with Gasteiger partial charge >= 0.3 is 0 Å². The normalized spacial score (nSPS) is 19.6. The Kier molecular flexibility index (Phi) is 6.34. The van der Waals surface area contributed by atoms with Crippen molar-refractivity contribution in [2.24, 2.45) is 5.92 Å². The minimum atomic E-state index is -0.290. The number of ketones is 2. The van der Waals surface area contributed by atoms with Crippen LogP contribution in [0.3, 0.4) is 0 Å². The maximum Gasteiger partial charge on any atom is 0.199 e. The van der Waals surface area contributed by atoms with Gasteiger partial charge in [-0.2, -0.15) is 0 Å². The summed E-state index contributed by atoms with van der Waals surface area (Å²) in [6, 6.07) is 1.83. The van der Waals surface area contributed by atoms with Gasteiger partial charge in [0.25, 0.3) is 0 Å². The summed E-state index contributed by atoms with van der Waals surface area (Å²) in [6.07, 6.45) is 4.10. The van der Waals surface area contributed by atoms with Crippen LogP contribution in [0.25, 0.3) is 0 Å². The molecule has 1 unspecified atom stereocenters. The fourth-order valence-electron chi connectivity index (χ4n) is 3.43. The van der Waals surface area contributed by atoms with Crippen molar-refractivity contribution in [2.45, 2.75) is 44.1 Å². The summed E-state index contributed by atoms with van der Waals surface area (Å²) in [5, 5.41) is 0.430. The quantitative estimate of drug-likeness (QED) is 0.280. The molecule has 1 aliphatic heterocycles. The molecule has 2 aliphatic rings. The first-order valence-corrected chi connectivity index (χ1v) is 10.8. The zero-order valence-electron chi connectivity index (χ0n) is 16.3. The molecular weight excluding hydrogens is 382 g/mol. The largest absolute Gasteiger partial charge is 0.383 e. The Morgan fingerprint density at radius 2 is 2.04 bits per heavy atom. The van der Waals surface area contributed by atoms with E-state index in [4.69, 9.17) is 16.3 Å². The first kappa shape index (κ1) is 20.4. The fourth-order valence-corrected chi connectivity index (χ4v) is 5.05. The molecule has 1 heterocycles. The number of halogens is 1. The van der Waals surface area contributed by atoms with Gasteiger partial charge in [0.05, 0.1) is 16.7 Å². The van der Waals surface area contributed by atoms with E-state index < -0.39 is 0 Å². The number of aryl methyl sites for hydroxylation is 1. The van der Waals surface area contributed by atoms with Crippen LogP contribution in [-0.2, 0) is 9.53 Å². The number of hydrogen-bond acceptors (Lipinski definition) is 5. The Bertz CT molecular complexity index is 799. The van der Waals surface area contributed by atoms with Gasteiger partial charge < -0.3 is 9.64 Å². The molecule has 6 heteroatoms. The molecule has 4 nitrogen and oxygen atoms in total. The Morgan fingerprint density at radius 1 is 1.33 bits per heavy atom. The van der Waals surface area contributed by atoms with Crippen LogP contribution in [0, 0.1) is 12.8 Å². The average Bonchev–Trinajstić information content (AvgIpc) is 3.47. The van der Waals surface area contributed by atoms with Crippen molar-refractivity contribution < 1.29 is 14.3 Å². The molecule has 1 aromatic carbocycles. The molecule has 0 bridgehead atoms. The highest BCUT2D eigenvalue weighted by Gasteiger charge is 2.36. The lowest BCUT2D eigenvalue weighted by molar-refractivity contribution is -0.116. The van der Waals surface area contributed by atoms with Crippen molar-refractivity contribution in [3.63, 3.8) is 0 Å². The standard InChI is InChI=1S/C21H26ClNO3S/c1-5-26-16-8-9-27-21-12(2)10-14(18(22)17(16)21)20(25)15(11-23(3)4)19(24)13-6-7-13/h10-11,13,16H,5-9H2,1-4H3. The number of fused-ring (bicyclic) bond motifs is 1. The van der Waals surface area contributed by atoms with Crippen LogP contribution in [0.2, 0.25) is 5.02 Å². The van der Waals surface area contributed by atoms with Crippen LogP contribution >= 0.6 is 23.4 Å². The highest BCUT2D eigenvalue weighted by Crippen LogP contribution is 2.45. The second kappa shape index (κ2) is 8.38.